The number of hydrogen-bond donors (Lipinski definition) is 2. The SMILES string of the molecule is CC1CCC(CNC(C)c2cc(F)ccc2O)CC1. The smallest absolute Gasteiger partial charge is 0.123 e. The standard InChI is InChI=1S/C16H24FNO/c1-11-3-5-13(6-4-11)10-18-12(2)15-9-14(17)7-8-16(15)19/h7-9,11-13,18-19H,3-6,10H2,1-2H3. The Balaban J connectivity index is 1.87. The second kappa shape index (κ2) is 6.38. The summed E-state index contributed by atoms with van der Waals surface area (Å²) in [5.41, 5.74) is 0.643. The molecule has 3 heteroatoms. The van der Waals surface area contributed by atoms with Gasteiger partial charge < -0.3 is 10.4 Å². The number of nitrogens with one attached hydrogen (secondary N) is 1. The van der Waals surface area contributed by atoms with Gasteiger partial charge in [0, 0.05) is 11.6 Å². The van der Waals surface area contributed by atoms with Crippen LogP contribution in [0.15, 0.2) is 18.2 Å². The van der Waals surface area contributed by atoms with Crippen molar-refractivity contribution in [2.45, 2.75) is 45.6 Å². The maximum Gasteiger partial charge on any atom is 0.123 e. The zero-order valence-corrected chi connectivity index (χ0v) is 11.8. The van der Waals surface area contributed by atoms with Crippen LogP contribution in [0.4, 0.5) is 4.39 Å². The molecule has 0 bridgehead atoms. The summed E-state index contributed by atoms with van der Waals surface area (Å²) in [6, 6.07) is 4.10. The van der Waals surface area contributed by atoms with Gasteiger partial charge in [-0.1, -0.05) is 19.8 Å². The third-order valence-corrected chi connectivity index (χ3v) is 4.30. The Kier molecular flexibility index (Phi) is 4.81. The Morgan fingerprint density at radius 3 is 2.68 bits per heavy atom. The van der Waals surface area contributed by atoms with Crippen molar-refractivity contribution in [1.29, 1.82) is 0 Å². The van der Waals surface area contributed by atoms with Crippen molar-refractivity contribution >= 4 is 0 Å². The van der Waals surface area contributed by atoms with Gasteiger partial charge in [-0.05, 0) is 56.3 Å². The number of phenolic OH excluding ortho intramolecular Hbond substituents is 1. The Hall–Kier alpha value is -1.09. The fourth-order valence-electron chi connectivity index (χ4n) is 2.86. The minimum Gasteiger partial charge on any atom is -0.508 e. The molecule has 1 unspecified atom stereocenters. The minimum absolute atomic E-state index is 0.0185. The molecule has 0 spiro atoms. The first-order valence-electron chi connectivity index (χ1n) is 7.28. The van der Waals surface area contributed by atoms with E-state index < -0.39 is 0 Å². The van der Waals surface area contributed by atoms with Crippen molar-refractivity contribution in [2.24, 2.45) is 11.8 Å². The van der Waals surface area contributed by atoms with Gasteiger partial charge >= 0.3 is 0 Å². The van der Waals surface area contributed by atoms with Crippen LogP contribution in [-0.4, -0.2) is 11.7 Å². The molecule has 1 aliphatic carbocycles. The van der Waals surface area contributed by atoms with Crippen LogP contribution in [0, 0.1) is 17.7 Å². The molecule has 1 aromatic carbocycles. The van der Waals surface area contributed by atoms with Crippen LogP contribution in [0.25, 0.3) is 0 Å². The summed E-state index contributed by atoms with van der Waals surface area (Å²) in [6.07, 6.45) is 5.17. The van der Waals surface area contributed by atoms with Gasteiger partial charge in [0.15, 0.2) is 0 Å². The summed E-state index contributed by atoms with van der Waals surface area (Å²) >= 11 is 0. The van der Waals surface area contributed by atoms with E-state index in [0.29, 0.717) is 11.5 Å². The van der Waals surface area contributed by atoms with Gasteiger partial charge in [0.05, 0.1) is 0 Å². The quantitative estimate of drug-likeness (QED) is 0.862. The van der Waals surface area contributed by atoms with Crippen molar-refractivity contribution in [2.75, 3.05) is 6.54 Å². The highest BCUT2D eigenvalue weighted by atomic mass is 19.1. The van der Waals surface area contributed by atoms with Crippen molar-refractivity contribution in [3.05, 3.63) is 29.6 Å². The topological polar surface area (TPSA) is 32.3 Å². The third kappa shape index (κ3) is 3.93. The average Bonchev–Trinajstić information content (AvgIpc) is 2.40. The maximum absolute atomic E-state index is 13.2. The van der Waals surface area contributed by atoms with E-state index in [1.807, 2.05) is 6.92 Å². The number of halogens is 1. The Labute approximate surface area is 115 Å². The first-order valence-corrected chi connectivity index (χ1v) is 7.28. The van der Waals surface area contributed by atoms with Crippen molar-refractivity contribution in [3.8, 4) is 5.75 Å². The van der Waals surface area contributed by atoms with Crippen molar-refractivity contribution in [3.63, 3.8) is 0 Å². The lowest BCUT2D eigenvalue weighted by Crippen LogP contribution is -2.28. The number of phenols is 1. The molecule has 106 valence electrons. The lowest BCUT2D eigenvalue weighted by molar-refractivity contribution is 0.275. The van der Waals surface area contributed by atoms with Crippen LogP contribution in [-0.2, 0) is 0 Å². The summed E-state index contributed by atoms with van der Waals surface area (Å²) in [5, 5.41) is 13.2. The Morgan fingerprint density at radius 2 is 2.00 bits per heavy atom. The number of hydrogen-bond acceptors (Lipinski definition) is 2. The van der Waals surface area contributed by atoms with E-state index in [4.69, 9.17) is 0 Å². The lowest BCUT2D eigenvalue weighted by atomic mass is 9.83. The molecule has 0 heterocycles. The molecule has 2 N–H and O–H groups in total. The van der Waals surface area contributed by atoms with Crippen LogP contribution in [0.1, 0.15) is 51.1 Å². The molecule has 1 saturated carbocycles. The molecule has 1 aromatic rings. The lowest BCUT2D eigenvalue weighted by Gasteiger charge is -2.27. The predicted molar refractivity (Wildman–Crippen MR) is 75.6 cm³/mol. The Morgan fingerprint density at radius 1 is 1.32 bits per heavy atom. The largest absolute Gasteiger partial charge is 0.508 e. The van der Waals surface area contributed by atoms with Gasteiger partial charge in [-0.2, -0.15) is 0 Å². The first kappa shape index (κ1) is 14.3. The van der Waals surface area contributed by atoms with Crippen LogP contribution in [0.5, 0.6) is 5.75 Å². The first-order chi connectivity index (χ1) is 9.06. The van der Waals surface area contributed by atoms with Gasteiger partial charge in [-0.15, -0.1) is 0 Å². The normalized spacial score (nSPS) is 25.2. The molecule has 1 atom stereocenters. The molecular weight excluding hydrogens is 241 g/mol. The predicted octanol–water partition coefficient (Wildman–Crippen LogP) is 4.01. The molecular formula is C16H24FNO. The van der Waals surface area contributed by atoms with E-state index in [9.17, 15) is 9.50 Å². The van der Waals surface area contributed by atoms with Crippen LogP contribution in [0.3, 0.4) is 0 Å². The summed E-state index contributed by atoms with van der Waals surface area (Å²) in [5.74, 6) is 1.45. The summed E-state index contributed by atoms with van der Waals surface area (Å²) in [6.45, 7) is 5.24. The van der Waals surface area contributed by atoms with E-state index in [-0.39, 0.29) is 17.6 Å². The fourth-order valence-corrected chi connectivity index (χ4v) is 2.86. The second-order valence-corrected chi connectivity index (χ2v) is 5.96. The van der Waals surface area contributed by atoms with E-state index >= 15 is 0 Å². The molecule has 1 aliphatic rings. The van der Waals surface area contributed by atoms with Gasteiger partial charge in [-0.3, -0.25) is 0 Å². The summed E-state index contributed by atoms with van der Waals surface area (Å²) in [7, 11) is 0. The van der Waals surface area contributed by atoms with Crippen LogP contribution in [0.2, 0.25) is 0 Å². The fraction of sp³-hybridized carbons (Fsp3) is 0.625. The molecule has 0 radical (unpaired) electrons. The average molecular weight is 265 g/mol. The molecule has 2 nitrogen and oxygen atoms in total. The molecule has 0 aromatic heterocycles. The Bertz CT molecular complexity index is 413. The van der Waals surface area contributed by atoms with Gasteiger partial charge in [0.2, 0.25) is 0 Å². The highest BCUT2D eigenvalue weighted by Gasteiger charge is 2.19. The van der Waals surface area contributed by atoms with Crippen molar-refractivity contribution < 1.29 is 9.50 Å². The van der Waals surface area contributed by atoms with Crippen LogP contribution < -0.4 is 5.32 Å². The highest BCUT2D eigenvalue weighted by Crippen LogP contribution is 2.29. The van der Waals surface area contributed by atoms with Crippen molar-refractivity contribution in [1.82, 2.24) is 5.32 Å². The molecule has 1 fully saturated rings. The number of benzene rings is 1. The second-order valence-electron chi connectivity index (χ2n) is 5.96. The number of aromatic hydroxyl groups is 1. The molecule has 2 rings (SSSR count). The van der Waals surface area contributed by atoms with Gasteiger partial charge in [0.25, 0.3) is 0 Å². The zero-order chi connectivity index (χ0) is 13.8. The zero-order valence-electron chi connectivity index (χ0n) is 11.8. The minimum atomic E-state index is -0.298. The highest BCUT2D eigenvalue weighted by molar-refractivity contribution is 5.34. The van der Waals surface area contributed by atoms with E-state index in [0.717, 1.165) is 12.5 Å². The van der Waals surface area contributed by atoms with E-state index in [1.54, 1.807) is 0 Å². The van der Waals surface area contributed by atoms with Gasteiger partial charge in [-0.25, -0.2) is 4.39 Å². The maximum atomic E-state index is 13.2. The third-order valence-electron chi connectivity index (χ3n) is 4.30. The van der Waals surface area contributed by atoms with Gasteiger partial charge in [0.1, 0.15) is 11.6 Å². The van der Waals surface area contributed by atoms with Crippen LogP contribution >= 0.6 is 0 Å². The summed E-state index contributed by atoms with van der Waals surface area (Å²) in [4.78, 5) is 0. The molecule has 0 aliphatic heterocycles. The number of rotatable bonds is 4. The van der Waals surface area contributed by atoms with E-state index in [1.165, 1.54) is 43.9 Å². The monoisotopic (exact) mass is 265 g/mol. The molecule has 19 heavy (non-hydrogen) atoms. The summed E-state index contributed by atoms with van der Waals surface area (Å²) < 4.78 is 13.2. The molecule has 0 saturated heterocycles. The molecule has 0 amide bonds. The van der Waals surface area contributed by atoms with E-state index in [2.05, 4.69) is 12.2 Å².